The second-order valence-electron chi connectivity index (χ2n) is 9.33. The van der Waals surface area contributed by atoms with Crippen LogP contribution in [0.25, 0.3) is 11.3 Å². The summed E-state index contributed by atoms with van der Waals surface area (Å²) in [7, 11) is 0.386. The van der Waals surface area contributed by atoms with Gasteiger partial charge in [-0.2, -0.15) is 13.2 Å². The number of carbonyl (C=O) groups is 1. The van der Waals surface area contributed by atoms with Crippen molar-refractivity contribution in [1.29, 1.82) is 0 Å². The molecule has 2 aliphatic rings. The molecule has 0 radical (unpaired) electrons. The minimum Gasteiger partial charge on any atom is -0.399 e. The summed E-state index contributed by atoms with van der Waals surface area (Å²) in [4.78, 5) is 12.9. The highest BCUT2D eigenvalue weighted by Crippen LogP contribution is 2.43. The lowest BCUT2D eigenvalue weighted by Crippen LogP contribution is -2.41. The molecule has 0 spiro atoms. The highest BCUT2D eigenvalue weighted by Gasteiger charge is 2.60. The van der Waals surface area contributed by atoms with Crippen molar-refractivity contribution >= 4 is 18.5 Å². The van der Waals surface area contributed by atoms with Crippen molar-refractivity contribution in [1.82, 2.24) is 10.1 Å². The van der Waals surface area contributed by atoms with E-state index in [1.807, 2.05) is 33.8 Å². The fourth-order valence-electron chi connectivity index (χ4n) is 3.91. The normalized spacial score (nSPS) is 27.4. The average molecular weight is 452 g/mol. The van der Waals surface area contributed by atoms with Crippen LogP contribution in [0.2, 0.25) is 0 Å². The third-order valence-electron chi connectivity index (χ3n) is 6.63. The molecule has 2 aliphatic heterocycles. The van der Waals surface area contributed by atoms with Gasteiger partial charge in [-0.15, -0.1) is 0 Å². The van der Waals surface area contributed by atoms with E-state index in [4.69, 9.17) is 13.8 Å². The third-order valence-corrected chi connectivity index (χ3v) is 6.63. The summed E-state index contributed by atoms with van der Waals surface area (Å²) in [6, 6.07) is 6.24. The van der Waals surface area contributed by atoms with Crippen LogP contribution in [-0.4, -0.2) is 58.7 Å². The van der Waals surface area contributed by atoms with Crippen molar-refractivity contribution in [2.75, 3.05) is 7.05 Å². The molecule has 2 saturated heterocycles. The molecule has 0 unspecified atom stereocenters. The van der Waals surface area contributed by atoms with Gasteiger partial charge >= 0.3 is 13.3 Å². The van der Waals surface area contributed by atoms with Crippen LogP contribution in [0.1, 0.15) is 39.9 Å². The molecule has 1 N–H and O–H groups in total. The van der Waals surface area contributed by atoms with Gasteiger partial charge in [-0.05, 0) is 33.2 Å². The molecule has 32 heavy (non-hydrogen) atoms. The lowest BCUT2D eigenvalue weighted by atomic mass is 9.78. The summed E-state index contributed by atoms with van der Waals surface area (Å²) in [5, 5.41) is 14.7. The molecule has 0 saturated carbocycles. The van der Waals surface area contributed by atoms with Crippen molar-refractivity contribution in [3.05, 3.63) is 36.1 Å². The number of hydrogen-bond acceptors (Lipinski definition) is 6. The first-order chi connectivity index (χ1) is 14.7. The second kappa shape index (κ2) is 7.07. The van der Waals surface area contributed by atoms with E-state index in [2.05, 4.69) is 5.16 Å². The maximum absolute atomic E-state index is 13.2. The molecule has 2 fully saturated rings. The fraction of sp³-hybridized carbons (Fsp3) is 0.524. The van der Waals surface area contributed by atoms with E-state index in [1.165, 1.54) is 6.07 Å². The molecule has 1 aromatic heterocycles. The Morgan fingerprint density at radius 1 is 1.16 bits per heavy atom. The molecule has 3 heterocycles. The van der Waals surface area contributed by atoms with E-state index in [-0.39, 0.29) is 11.5 Å². The van der Waals surface area contributed by atoms with Crippen LogP contribution < -0.4 is 5.46 Å². The van der Waals surface area contributed by atoms with Gasteiger partial charge in [-0.1, -0.05) is 29.4 Å². The number of carbonyl (C=O) groups excluding carboxylic acids is 1. The van der Waals surface area contributed by atoms with Crippen LogP contribution in [0.4, 0.5) is 13.2 Å². The third kappa shape index (κ3) is 3.52. The fourth-order valence-corrected chi connectivity index (χ4v) is 3.91. The Hall–Kier alpha value is -2.37. The second-order valence-corrected chi connectivity index (χ2v) is 9.33. The maximum Gasteiger partial charge on any atom is 0.494 e. The summed E-state index contributed by atoms with van der Waals surface area (Å²) in [6.45, 7) is 7.74. The van der Waals surface area contributed by atoms with E-state index in [0.29, 0.717) is 10.5 Å². The predicted molar refractivity (Wildman–Crippen MR) is 109 cm³/mol. The number of nitrogens with zero attached hydrogens (tertiary/aromatic N) is 2. The van der Waals surface area contributed by atoms with Gasteiger partial charge in [0.05, 0.1) is 11.2 Å². The molecule has 2 atom stereocenters. The number of rotatable bonds is 3. The van der Waals surface area contributed by atoms with Gasteiger partial charge in [0, 0.05) is 25.1 Å². The van der Waals surface area contributed by atoms with Crippen LogP contribution >= 0.6 is 0 Å². The molecule has 0 bridgehead atoms. The van der Waals surface area contributed by atoms with Gasteiger partial charge in [0.2, 0.25) is 5.60 Å². The molecule has 2 aromatic rings. The van der Waals surface area contributed by atoms with Crippen molar-refractivity contribution < 1.29 is 36.9 Å². The number of likely N-dealkylation sites (tertiary alicyclic amines) is 1. The molecule has 172 valence electrons. The van der Waals surface area contributed by atoms with Gasteiger partial charge < -0.3 is 23.8 Å². The monoisotopic (exact) mass is 452 g/mol. The average Bonchev–Trinajstić information content (AvgIpc) is 3.33. The number of hydrogen-bond donors (Lipinski definition) is 1. The van der Waals surface area contributed by atoms with Crippen LogP contribution in [-0.2, 0) is 19.7 Å². The molecule has 1 amide bonds. The number of benzene rings is 1. The minimum atomic E-state index is -4.67. The van der Waals surface area contributed by atoms with Gasteiger partial charge in [0.15, 0.2) is 5.76 Å². The molecule has 1 aromatic carbocycles. The zero-order valence-electron chi connectivity index (χ0n) is 18.4. The molecule has 7 nitrogen and oxygen atoms in total. The first-order valence-electron chi connectivity index (χ1n) is 10.2. The lowest BCUT2D eigenvalue weighted by molar-refractivity contribution is -0.177. The Bertz CT molecular complexity index is 1040. The van der Waals surface area contributed by atoms with E-state index in [9.17, 15) is 23.1 Å². The Morgan fingerprint density at radius 3 is 2.34 bits per heavy atom. The number of alkyl halides is 3. The molecule has 11 heteroatoms. The van der Waals surface area contributed by atoms with E-state index < -0.39 is 48.5 Å². The van der Waals surface area contributed by atoms with Gasteiger partial charge in [0.25, 0.3) is 5.91 Å². The Labute approximate surface area is 183 Å². The lowest BCUT2D eigenvalue weighted by Gasteiger charge is -2.32. The van der Waals surface area contributed by atoms with Crippen LogP contribution in [0, 0.1) is 0 Å². The summed E-state index contributed by atoms with van der Waals surface area (Å²) >= 11 is 0. The largest absolute Gasteiger partial charge is 0.494 e. The van der Waals surface area contributed by atoms with Gasteiger partial charge in [0.1, 0.15) is 11.7 Å². The molecule has 0 aliphatic carbocycles. The van der Waals surface area contributed by atoms with Crippen LogP contribution in [0.3, 0.4) is 0 Å². The van der Waals surface area contributed by atoms with Crippen molar-refractivity contribution in [3.63, 3.8) is 0 Å². The quantitative estimate of drug-likeness (QED) is 0.721. The highest BCUT2D eigenvalue weighted by atomic mass is 19.4. The van der Waals surface area contributed by atoms with Gasteiger partial charge in [-0.3, -0.25) is 4.79 Å². The first-order valence-corrected chi connectivity index (χ1v) is 10.2. The molecule has 4 rings (SSSR count). The van der Waals surface area contributed by atoms with Gasteiger partial charge in [-0.25, -0.2) is 0 Å². The van der Waals surface area contributed by atoms with Crippen molar-refractivity contribution in [3.8, 4) is 11.3 Å². The van der Waals surface area contributed by atoms with E-state index in [0.717, 1.165) is 12.5 Å². The number of halogens is 3. The zero-order valence-corrected chi connectivity index (χ0v) is 18.4. The number of amides is 1. The standard InChI is InChI=1S/C21H24BF3N2O5/c1-18(2)19(3,4)32-22(31-18)13-8-6-7-12(9-13)14-10-16(30-26-14)20(29)11-15(21(23,24)25)27(5)17(20)28/h6-10,15,29H,11H2,1-5H3/t15-,20+/m0/s1. The predicted octanol–water partition coefficient (Wildman–Crippen LogP) is 2.62. The van der Waals surface area contributed by atoms with E-state index >= 15 is 0 Å². The minimum absolute atomic E-state index is 0.262. The number of aromatic nitrogens is 1. The zero-order chi connectivity index (χ0) is 23.7. The maximum atomic E-state index is 13.2. The van der Waals surface area contributed by atoms with Crippen molar-refractivity contribution in [2.45, 2.75) is 63.1 Å². The summed E-state index contributed by atoms with van der Waals surface area (Å²) < 4.78 is 57.0. The SMILES string of the molecule is CN1C(=O)[C@](O)(c2cc(-c3cccc(B4OC(C)(C)C(C)(C)O4)c3)no2)C[C@H]1C(F)(F)F. The van der Waals surface area contributed by atoms with Crippen molar-refractivity contribution in [2.24, 2.45) is 0 Å². The molecular weight excluding hydrogens is 428 g/mol. The van der Waals surface area contributed by atoms with Crippen LogP contribution in [0.15, 0.2) is 34.9 Å². The van der Waals surface area contributed by atoms with Crippen LogP contribution in [0.5, 0.6) is 0 Å². The Kier molecular flexibility index (Phi) is 5.04. The Morgan fingerprint density at radius 2 is 1.78 bits per heavy atom. The number of likely N-dealkylation sites (N-methyl/N-ethyl adjacent to an activating group) is 1. The highest BCUT2D eigenvalue weighted by molar-refractivity contribution is 6.62. The summed E-state index contributed by atoms with van der Waals surface area (Å²) in [6.07, 6.45) is -5.54. The summed E-state index contributed by atoms with van der Waals surface area (Å²) in [5.74, 6) is -1.43. The Balaban J connectivity index is 1.62. The van der Waals surface area contributed by atoms with E-state index in [1.54, 1.807) is 18.2 Å². The smallest absolute Gasteiger partial charge is 0.399 e. The topological polar surface area (TPSA) is 85.0 Å². The number of aliphatic hydroxyl groups is 1. The summed E-state index contributed by atoms with van der Waals surface area (Å²) in [5.41, 5.74) is -1.94. The molecular formula is C21H24BF3N2O5. The first kappa shape index (κ1) is 22.8.